The zero-order valence-electron chi connectivity index (χ0n) is 11.8. The van der Waals surface area contributed by atoms with E-state index >= 15 is 0 Å². The van der Waals surface area contributed by atoms with E-state index in [1.165, 1.54) is 0 Å². The van der Waals surface area contributed by atoms with E-state index < -0.39 is 15.9 Å². The predicted octanol–water partition coefficient (Wildman–Crippen LogP) is 1.88. The fourth-order valence-corrected chi connectivity index (χ4v) is 3.75. The quantitative estimate of drug-likeness (QED) is 0.867. The Balaban J connectivity index is 2.02. The SMILES string of the molecule is CC(C)CCS(=O)(=O)CC(N)c1ccc2c(c1)OCO2. The first-order chi connectivity index (χ1) is 9.37. The first kappa shape index (κ1) is 15.1. The van der Waals surface area contributed by atoms with Crippen LogP contribution in [0.5, 0.6) is 11.5 Å². The Bertz CT molecular complexity index is 569. The standard InChI is InChI=1S/C14H21NO4S/c1-10(2)5-6-20(16,17)8-12(15)11-3-4-13-14(7-11)19-9-18-13/h3-4,7,10,12H,5-6,8-9,15H2,1-2H3. The van der Waals surface area contributed by atoms with E-state index in [9.17, 15) is 8.42 Å². The van der Waals surface area contributed by atoms with Gasteiger partial charge in [-0.15, -0.1) is 0 Å². The van der Waals surface area contributed by atoms with Crippen molar-refractivity contribution < 1.29 is 17.9 Å². The Morgan fingerprint density at radius 1 is 1.25 bits per heavy atom. The summed E-state index contributed by atoms with van der Waals surface area (Å²) >= 11 is 0. The highest BCUT2D eigenvalue weighted by Crippen LogP contribution is 2.34. The second-order valence-corrected chi connectivity index (χ2v) is 7.74. The Morgan fingerprint density at radius 2 is 1.95 bits per heavy atom. The van der Waals surface area contributed by atoms with E-state index in [0.717, 1.165) is 5.56 Å². The molecule has 5 nitrogen and oxygen atoms in total. The fourth-order valence-electron chi connectivity index (χ4n) is 2.01. The number of benzene rings is 1. The maximum absolute atomic E-state index is 12.0. The van der Waals surface area contributed by atoms with Crippen LogP contribution >= 0.6 is 0 Å². The van der Waals surface area contributed by atoms with Crippen molar-refractivity contribution in [1.29, 1.82) is 0 Å². The normalized spacial score (nSPS) is 15.6. The molecular weight excluding hydrogens is 278 g/mol. The molecular formula is C14H21NO4S. The fraction of sp³-hybridized carbons (Fsp3) is 0.571. The Kier molecular flexibility index (Phi) is 4.55. The molecule has 0 amide bonds. The molecule has 0 radical (unpaired) electrons. The second-order valence-electron chi connectivity index (χ2n) is 5.52. The molecule has 0 fully saturated rings. The number of hydrogen-bond donors (Lipinski definition) is 1. The van der Waals surface area contributed by atoms with Crippen LogP contribution in [-0.4, -0.2) is 26.7 Å². The van der Waals surface area contributed by atoms with Gasteiger partial charge in [-0.05, 0) is 30.0 Å². The Labute approximate surface area is 120 Å². The number of hydrogen-bond acceptors (Lipinski definition) is 5. The van der Waals surface area contributed by atoms with E-state index in [1.807, 2.05) is 13.8 Å². The van der Waals surface area contributed by atoms with Crippen LogP contribution in [0.4, 0.5) is 0 Å². The van der Waals surface area contributed by atoms with Crippen molar-refractivity contribution in [1.82, 2.24) is 0 Å². The van der Waals surface area contributed by atoms with Gasteiger partial charge in [-0.1, -0.05) is 19.9 Å². The molecule has 1 aliphatic heterocycles. The molecule has 2 N–H and O–H groups in total. The highest BCUT2D eigenvalue weighted by molar-refractivity contribution is 7.91. The van der Waals surface area contributed by atoms with Gasteiger partial charge in [-0.25, -0.2) is 8.42 Å². The van der Waals surface area contributed by atoms with Crippen LogP contribution in [0.1, 0.15) is 31.9 Å². The summed E-state index contributed by atoms with van der Waals surface area (Å²) in [5, 5.41) is 0. The molecule has 0 spiro atoms. The smallest absolute Gasteiger partial charge is 0.231 e. The largest absolute Gasteiger partial charge is 0.454 e. The summed E-state index contributed by atoms with van der Waals surface area (Å²) in [6.07, 6.45) is 0.663. The van der Waals surface area contributed by atoms with Crippen LogP contribution < -0.4 is 15.2 Å². The van der Waals surface area contributed by atoms with Gasteiger partial charge in [-0.3, -0.25) is 0 Å². The Morgan fingerprint density at radius 3 is 2.65 bits per heavy atom. The summed E-state index contributed by atoms with van der Waals surface area (Å²) in [4.78, 5) is 0. The first-order valence-electron chi connectivity index (χ1n) is 6.73. The van der Waals surface area contributed by atoms with Crippen LogP contribution in [0.15, 0.2) is 18.2 Å². The predicted molar refractivity (Wildman–Crippen MR) is 77.6 cm³/mol. The molecule has 0 aliphatic carbocycles. The molecule has 0 bridgehead atoms. The molecule has 1 aromatic rings. The van der Waals surface area contributed by atoms with Crippen molar-refractivity contribution in [3.05, 3.63) is 23.8 Å². The zero-order chi connectivity index (χ0) is 14.8. The first-order valence-corrected chi connectivity index (χ1v) is 8.55. The van der Waals surface area contributed by atoms with Gasteiger partial charge in [0.2, 0.25) is 6.79 Å². The molecule has 1 heterocycles. The summed E-state index contributed by atoms with van der Waals surface area (Å²) in [6, 6.07) is 4.76. The number of nitrogens with two attached hydrogens (primary N) is 1. The van der Waals surface area contributed by atoms with E-state index in [2.05, 4.69) is 0 Å². The lowest BCUT2D eigenvalue weighted by Gasteiger charge is -2.14. The molecule has 1 aromatic carbocycles. The molecule has 0 saturated carbocycles. The number of rotatable bonds is 6. The maximum Gasteiger partial charge on any atom is 0.231 e. The highest BCUT2D eigenvalue weighted by atomic mass is 32.2. The third-order valence-electron chi connectivity index (χ3n) is 3.26. The number of ether oxygens (including phenoxy) is 2. The van der Waals surface area contributed by atoms with Gasteiger partial charge in [0, 0.05) is 6.04 Å². The average molecular weight is 299 g/mol. The molecule has 1 aliphatic rings. The lowest BCUT2D eigenvalue weighted by molar-refractivity contribution is 0.174. The van der Waals surface area contributed by atoms with Gasteiger partial charge in [0.25, 0.3) is 0 Å². The Hall–Kier alpha value is -1.27. The molecule has 1 unspecified atom stereocenters. The molecule has 2 rings (SSSR count). The molecule has 1 atom stereocenters. The van der Waals surface area contributed by atoms with Crippen molar-refractivity contribution in [3.8, 4) is 11.5 Å². The molecule has 112 valence electrons. The van der Waals surface area contributed by atoms with E-state index in [-0.39, 0.29) is 18.3 Å². The summed E-state index contributed by atoms with van der Waals surface area (Å²) in [7, 11) is -3.14. The minimum absolute atomic E-state index is 0.0423. The van der Waals surface area contributed by atoms with Crippen LogP contribution in [0, 0.1) is 5.92 Å². The molecule has 20 heavy (non-hydrogen) atoms. The number of fused-ring (bicyclic) bond motifs is 1. The van der Waals surface area contributed by atoms with Crippen molar-refractivity contribution in [3.63, 3.8) is 0 Å². The van der Waals surface area contributed by atoms with E-state index in [1.54, 1.807) is 18.2 Å². The van der Waals surface area contributed by atoms with Crippen molar-refractivity contribution in [2.45, 2.75) is 26.3 Å². The highest BCUT2D eigenvalue weighted by Gasteiger charge is 2.21. The topological polar surface area (TPSA) is 78.6 Å². The van der Waals surface area contributed by atoms with Gasteiger partial charge in [0.05, 0.1) is 11.5 Å². The molecule has 0 saturated heterocycles. The third kappa shape index (κ3) is 3.86. The average Bonchev–Trinajstić information content (AvgIpc) is 2.83. The lowest BCUT2D eigenvalue weighted by Crippen LogP contribution is -2.24. The minimum Gasteiger partial charge on any atom is -0.454 e. The maximum atomic E-state index is 12.0. The van der Waals surface area contributed by atoms with Crippen LogP contribution in [0.25, 0.3) is 0 Å². The zero-order valence-corrected chi connectivity index (χ0v) is 12.7. The van der Waals surface area contributed by atoms with Crippen molar-refractivity contribution in [2.24, 2.45) is 11.7 Å². The van der Waals surface area contributed by atoms with E-state index in [4.69, 9.17) is 15.2 Å². The number of sulfone groups is 1. The van der Waals surface area contributed by atoms with Gasteiger partial charge in [-0.2, -0.15) is 0 Å². The second kappa shape index (κ2) is 6.01. The van der Waals surface area contributed by atoms with E-state index in [0.29, 0.717) is 23.8 Å². The monoisotopic (exact) mass is 299 g/mol. The summed E-state index contributed by atoms with van der Waals surface area (Å²) in [6.45, 7) is 4.21. The summed E-state index contributed by atoms with van der Waals surface area (Å²) in [5.74, 6) is 1.80. The van der Waals surface area contributed by atoms with Gasteiger partial charge >= 0.3 is 0 Å². The molecule has 0 aromatic heterocycles. The lowest BCUT2D eigenvalue weighted by atomic mass is 10.1. The summed E-state index contributed by atoms with van der Waals surface area (Å²) in [5.41, 5.74) is 6.76. The van der Waals surface area contributed by atoms with Crippen molar-refractivity contribution >= 4 is 9.84 Å². The van der Waals surface area contributed by atoms with Gasteiger partial charge in [0.1, 0.15) is 0 Å². The van der Waals surface area contributed by atoms with Crippen LogP contribution in [0.2, 0.25) is 0 Å². The van der Waals surface area contributed by atoms with Gasteiger partial charge < -0.3 is 15.2 Å². The summed E-state index contributed by atoms with van der Waals surface area (Å²) < 4.78 is 34.5. The minimum atomic E-state index is -3.14. The van der Waals surface area contributed by atoms with Crippen LogP contribution in [-0.2, 0) is 9.84 Å². The van der Waals surface area contributed by atoms with Crippen molar-refractivity contribution in [2.75, 3.05) is 18.3 Å². The molecule has 6 heteroatoms. The van der Waals surface area contributed by atoms with Crippen LogP contribution in [0.3, 0.4) is 0 Å². The van der Waals surface area contributed by atoms with Gasteiger partial charge in [0.15, 0.2) is 21.3 Å². The third-order valence-corrected chi connectivity index (χ3v) is 4.99.